The molecule has 0 aliphatic carbocycles. The summed E-state index contributed by atoms with van der Waals surface area (Å²) in [4.78, 5) is 6.95. The molecule has 0 amide bonds. The van der Waals surface area contributed by atoms with Gasteiger partial charge in [0.05, 0.1) is 4.47 Å². The van der Waals surface area contributed by atoms with Crippen LogP contribution in [0.1, 0.15) is 19.8 Å². The Morgan fingerprint density at radius 2 is 2.25 bits per heavy atom. The van der Waals surface area contributed by atoms with Crippen LogP contribution in [0.4, 0.5) is 5.95 Å². The van der Waals surface area contributed by atoms with Crippen LogP contribution in [0.15, 0.2) is 22.8 Å². The van der Waals surface area contributed by atoms with E-state index in [0.29, 0.717) is 0 Å². The van der Waals surface area contributed by atoms with E-state index in [9.17, 15) is 0 Å². The molecule has 1 aliphatic heterocycles. The minimum atomic E-state index is 0.742. The van der Waals surface area contributed by atoms with Crippen molar-refractivity contribution in [1.29, 1.82) is 0 Å². The Balaban J connectivity index is 1.81. The van der Waals surface area contributed by atoms with E-state index in [1.807, 2.05) is 22.8 Å². The zero-order valence-electron chi connectivity index (χ0n) is 11.7. The molecule has 2 aromatic rings. The highest BCUT2D eigenvalue weighted by Crippen LogP contribution is 2.21. The van der Waals surface area contributed by atoms with Gasteiger partial charge in [-0.25, -0.2) is 4.52 Å². The van der Waals surface area contributed by atoms with Crippen LogP contribution in [0.2, 0.25) is 0 Å². The standard InChI is InChI=1S/C14H20BrN5/c1-2-19(10-11-5-7-16-8-6-11)14-17-13-12(15)4-3-9-20(13)18-14/h3-4,9,11,16H,2,5-8,10H2,1H3. The highest BCUT2D eigenvalue weighted by atomic mass is 79.9. The predicted octanol–water partition coefficient (Wildman–Crippen LogP) is 2.32. The van der Waals surface area contributed by atoms with Crippen LogP contribution in [0.5, 0.6) is 0 Å². The molecule has 0 saturated carbocycles. The quantitative estimate of drug-likeness (QED) is 0.929. The third-order valence-corrected chi connectivity index (χ3v) is 4.52. The van der Waals surface area contributed by atoms with Crippen LogP contribution in [0.3, 0.4) is 0 Å². The first-order valence-electron chi connectivity index (χ1n) is 7.24. The van der Waals surface area contributed by atoms with Gasteiger partial charge in [-0.2, -0.15) is 4.98 Å². The molecular weight excluding hydrogens is 318 g/mol. The number of anilines is 1. The molecule has 1 N–H and O–H groups in total. The Hall–Kier alpha value is -1.14. The average molecular weight is 338 g/mol. The predicted molar refractivity (Wildman–Crippen MR) is 84.2 cm³/mol. The molecule has 1 fully saturated rings. The summed E-state index contributed by atoms with van der Waals surface area (Å²) in [5.74, 6) is 1.57. The molecule has 0 unspecified atom stereocenters. The van der Waals surface area contributed by atoms with Crippen LogP contribution in [0.25, 0.3) is 5.65 Å². The summed E-state index contributed by atoms with van der Waals surface area (Å²) in [6, 6.07) is 3.97. The first-order valence-corrected chi connectivity index (χ1v) is 8.03. The van der Waals surface area contributed by atoms with Gasteiger partial charge in [0.2, 0.25) is 5.95 Å². The molecule has 0 atom stereocenters. The number of hydrogen-bond acceptors (Lipinski definition) is 4. The number of nitrogens with zero attached hydrogens (tertiary/aromatic N) is 4. The van der Waals surface area contributed by atoms with E-state index in [4.69, 9.17) is 0 Å². The number of rotatable bonds is 4. The topological polar surface area (TPSA) is 45.5 Å². The van der Waals surface area contributed by atoms with Gasteiger partial charge in [-0.15, -0.1) is 5.10 Å². The number of halogens is 1. The Morgan fingerprint density at radius 3 is 2.95 bits per heavy atom. The van der Waals surface area contributed by atoms with Gasteiger partial charge in [-0.1, -0.05) is 0 Å². The van der Waals surface area contributed by atoms with E-state index < -0.39 is 0 Å². The van der Waals surface area contributed by atoms with Crippen LogP contribution in [-0.2, 0) is 0 Å². The van der Waals surface area contributed by atoms with Gasteiger partial charge in [-0.05, 0) is 66.8 Å². The minimum Gasteiger partial charge on any atom is -0.340 e. The lowest BCUT2D eigenvalue weighted by Gasteiger charge is -2.28. The third kappa shape index (κ3) is 2.81. The van der Waals surface area contributed by atoms with E-state index in [2.05, 4.69) is 43.2 Å². The van der Waals surface area contributed by atoms with Gasteiger partial charge in [0.1, 0.15) is 0 Å². The van der Waals surface area contributed by atoms with E-state index in [1.54, 1.807) is 0 Å². The number of fused-ring (bicyclic) bond motifs is 1. The summed E-state index contributed by atoms with van der Waals surface area (Å²) in [7, 11) is 0. The van der Waals surface area contributed by atoms with Crippen molar-refractivity contribution in [1.82, 2.24) is 19.9 Å². The van der Waals surface area contributed by atoms with Crippen molar-refractivity contribution >= 4 is 27.5 Å². The SMILES string of the molecule is CCN(CC1CCNCC1)c1nc2c(Br)cccn2n1. The first kappa shape index (κ1) is 13.8. The largest absolute Gasteiger partial charge is 0.340 e. The van der Waals surface area contributed by atoms with Crippen LogP contribution in [0, 0.1) is 5.92 Å². The third-order valence-electron chi connectivity index (χ3n) is 3.91. The van der Waals surface area contributed by atoms with Crippen molar-refractivity contribution < 1.29 is 0 Å². The molecule has 1 saturated heterocycles. The number of pyridine rings is 1. The van der Waals surface area contributed by atoms with Gasteiger partial charge >= 0.3 is 0 Å². The van der Waals surface area contributed by atoms with Crippen molar-refractivity contribution in [2.75, 3.05) is 31.1 Å². The Labute approximate surface area is 127 Å². The maximum atomic E-state index is 4.66. The van der Waals surface area contributed by atoms with Crippen LogP contribution < -0.4 is 10.2 Å². The van der Waals surface area contributed by atoms with Crippen molar-refractivity contribution in [3.05, 3.63) is 22.8 Å². The maximum Gasteiger partial charge on any atom is 0.245 e. The minimum absolute atomic E-state index is 0.742. The van der Waals surface area contributed by atoms with E-state index >= 15 is 0 Å². The number of hydrogen-bond donors (Lipinski definition) is 1. The highest BCUT2D eigenvalue weighted by Gasteiger charge is 2.19. The summed E-state index contributed by atoms with van der Waals surface area (Å²) in [5.41, 5.74) is 0.881. The van der Waals surface area contributed by atoms with Crippen LogP contribution >= 0.6 is 15.9 Å². The Kier molecular flexibility index (Phi) is 4.21. The Morgan fingerprint density at radius 1 is 1.45 bits per heavy atom. The van der Waals surface area contributed by atoms with Gasteiger partial charge < -0.3 is 10.2 Å². The normalized spacial score (nSPS) is 16.7. The molecule has 0 radical (unpaired) electrons. The molecule has 3 rings (SSSR count). The molecule has 3 heterocycles. The lowest BCUT2D eigenvalue weighted by molar-refractivity contribution is 0.373. The zero-order chi connectivity index (χ0) is 13.9. The molecular formula is C14H20BrN5. The van der Waals surface area contributed by atoms with Gasteiger partial charge in [0.15, 0.2) is 5.65 Å². The molecule has 108 valence electrons. The number of nitrogens with one attached hydrogen (secondary N) is 1. The molecule has 6 heteroatoms. The van der Waals surface area contributed by atoms with Gasteiger partial charge in [-0.3, -0.25) is 0 Å². The second-order valence-corrected chi connectivity index (χ2v) is 6.12. The lowest BCUT2D eigenvalue weighted by atomic mass is 9.98. The molecule has 0 bridgehead atoms. The van der Waals surface area contributed by atoms with E-state index in [0.717, 1.165) is 48.2 Å². The second-order valence-electron chi connectivity index (χ2n) is 5.27. The fourth-order valence-electron chi connectivity index (χ4n) is 2.72. The molecule has 5 nitrogen and oxygen atoms in total. The van der Waals surface area contributed by atoms with Crippen molar-refractivity contribution in [3.63, 3.8) is 0 Å². The van der Waals surface area contributed by atoms with Crippen molar-refractivity contribution in [3.8, 4) is 0 Å². The summed E-state index contributed by atoms with van der Waals surface area (Å²) in [5, 5.41) is 8.01. The number of piperidine rings is 1. The van der Waals surface area contributed by atoms with E-state index in [-0.39, 0.29) is 0 Å². The lowest BCUT2D eigenvalue weighted by Crippen LogP contribution is -2.36. The van der Waals surface area contributed by atoms with Crippen molar-refractivity contribution in [2.45, 2.75) is 19.8 Å². The van der Waals surface area contributed by atoms with Gasteiger partial charge in [0, 0.05) is 19.3 Å². The average Bonchev–Trinajstić information content (AvgIpc) is 2.91. The monoisotopic (exact) mass is 337 g/mol. The fraction of sp³-hybridized carbons (Fsp3) is 0.571. The first-order chi connectivity index (χ1) is 9.78. The summed E-state index contributed by atoms with van der Waals surface area (Å²) in [6.45, 7) is 6.42. The Bertz CT molecular complexity index is 576. The van der Waals surface area contributed by atoms with Crippen LogP contribution in [-0.4, -0.2) is 40.8 Å². The molecule has 0 aromatic carbocycles. The van der Waals surface area contributed by atoms with Gasteiger partial charge in [0.25, 0.3) is 0 Å². The summed E-state index contributed by atoms with van der Waals surface area (Å²) < 4.78 is 2.82. The zero-order valence-corrected chi connectivity index (χ0v) is 13.3. The molecule has 2 aromatic heterocycles. The fourth-order valence-corrected chi connectivity index (χ4v) is 3.15. The summed E-state index contributed by atoms with van der Waals surface area (Å²) >= 11 is 3.53. The maximum absolute atomic E-state index is 4.66. The smallest absolute Gasteiger partial charge is 0.245 e. The summed E-state index contributed by atoms with van der Waals surface area (Å²) in [6.07, 6.45) is 4.43. The molecule has 0 spiro atoms. The van der Waals surface area contributed by atoms with Crippen molar-refractivity contribution in [2.24, 2.45) is 5.92 Å². The second kappa shape index (κ2) is 6.10. The van der Waals surface area contributed by atoms with E-state index in [1.165, 1.54) is 12.8 Å². The molecule has 20 heavy (non-hydrogen) atoms. The number of aromatic nitrogens is 3. The molecule has 1 aliphatic rings. The highest BCUT2D eigenvalue weighted by molar-refractivity contribution is 9.10.